The van der Waals surface area contributed by atoms with Gasteiger partial charge in [-0.1, -0.05) is 11.8 Å². The van der Waals surface area contributed by atoms with Gasteiger partial charge in [0.2, 0.25) is 11.7 Å². The highest BCUT2D eigenvalue weighted by molar-refractivity contribution is 7.99. The molecule has 4 rings (SSSR count). The Labute approximate surface area is 208 Å². The van der Waals surface area contributed by atoms with Gasteiger partial charge in [0.05, 0.1) is 39.0 Å². The van der Waals surface area contributed by atoms with Gasteiger partial charge in [0.1, 0.15) is 13.2 Å². The summed E-state index contributed by atoms with van der Waals surface area (Å²) < 4.78 is 29.5. The van der Waals surface area contributed by atoms with Gasteiger partial charge in [-0.2, -0.15) is 0 Å². The predicted octanol–water partition coefficient (Wildman–Crippen LogP) is 3.78. The minimum atomic E-state index is -0.102. The molecule has 10 heteroatoms. The highest BCUT2D eigenvalue weighted by Gasteiger charge is 2.17. The highest BCUT2D eigenvalue weighted by Crippen LogP contribution is 2.38. The van der Waals surface area contributed by atoms with E-state index in [1.807, 2.05) is 36.5 Å². The Bertz CT molecular complexity index is 1170. The third kappa shape index (κ3) is 5.43. The van der Waals surface area contributed by atoms with E-state index in [2.05, 4.69) is 21.8 Å². The summed E-state index contributed by atoms with van der Waals surface area (Å²) in [6.07, 6.45) is 1.82. The quantitative estimate of drug-likeness (QED) is 0.422. The smallest absolute Gasteiger partial charge is 0.230 e. The molecule has 1 aromatic heterocycles. The lowest BCUT2D eigenvalue weighted by Gasteiger charge is -2.19. The number of carbonyl (C=O) groups excluding carboxylic acids is 1. The molecule has 2 aromatic carbocycles. The molecule has 3 aromatic rings. The zero-order valence-electron chi connectivity index (χ0n) is 20.3. The van der Waals surface area contributed by atoms with Crippen LogP contribution in [0.4, 0.5) is 0 Å². The molecule has 1 amide bonds. The normalized spacial score (nSPS) is 12.2. The molecule has 9 nitrogen and oxygen atoms in total. The first kappa shape index (κ1) is 24.6. The molecular formula is C25H29N3O6S. The van der Waals surface area contributed by atoms with Crippen molar-refractivity contribution in [1.82, 2.24) is 14.9 Å². The maximum atomic E-state index is 12.6. The second-order valence-corrected chi connectivity index (χ2v) is 8.57. The first-order valence-corrected chi connectivity index (χ1v) is 12.2. The Morgan fingerprint density at radius 1 is 1.06 bits per heavy atom. The van der Waals surface area contributed by atoms with Crippen LogP contribution in [-0.4, -0.2) is 55.8 Å². The van der Waals surface area contributed by atoms with Crippen LogP contribution in [0.15, 0.2) is 41.7 Å². The molecule has 186 valence electrons. The number of thioether (sulfide) groups is 1. The van der Waals surface area contributed by atoms with E-state index in [-0.39, 0.29) is 11.7 Å². The summed E-state index contributed by atoms with van der Waals surface area (Å²) >= 11 is 1.40. The lowest BCUT2D eigenvalue weighted by atomic mass is 10.1. The average Bonchev–Trinajstić information content (AvgIpc) is 3.32. The van der Waals surface area contributed by atoms with Crippen LogP contribution in [0.3, 0.4) is 0 Å². The van der Waals surface area contributed by atoms with Crippen LogP contribution in [0.2, 0.25) is 0 Å². The molecule has 0 saturated heterocycles. The van der Waals surface area contributed by atoms with Crippen molar-refractivity contribution in [1.29, 1.82) is 0 Å². The topological polar surface area (TPSA) is 93.1 Å². The third-order valence-corrected chi connectivity index (χ3v) is 6.51. The van der Waals surface area contributed by atoms with Gasteiger partial charge in [-0.3, -0.25) is 4.79 Å². The minimum absolute atomic E-state index is 0.102. The summed E-state index contributed by atoms with van der Waals surface area (Å²) in [5.74, 6) is 3.22. The number of hydrogen-bond donors (Lipinski definition) is 1. The van der Waals surface area contributed by atoms with Crippen molar-refractivity contribution in [3.05, 3.63) is 42.1 Å². The fourth-order valence-electron chi connectivity index (χ4n) is 3.83. The molecule has 0 radical (unpaired) electrons. The number of hydrogen-bond acceptors (Lipinski definition) is 8. The number of aromatic nitrogens is 2. The van der Waals surface area contributed by atoms with Gasteiger partial charge in [-0.15, -0.1) is 0 Å². The fourth-order valence-corrected chi connectivity index (χ4v) is 4.70. The van der Waals surface area contributed by atoms with E-state index in [0.29, 0.717) is 37.0 Å². The maximum absolute atomic E-state index is 12.6. The molecule has 2 heterocycles. The van der Waals surface area contributed by atoms with Gasteiger partial charge in [-0.05, 0) is 42.8 Å². The number of nitrogens with one attached hydrogen (secondary N) is 1. The number of amides is 1. The summed E-state index contributed by atoms with van der Waals surface area (Å²) in [6.45, 7) is 4.20. The van der Waals surface area contributed by atoms with E-state index in [9.17, 15) is 4.79 Å². The van der Waals surface area contributed by atoms with E-state index < -0.39 is 0 Å². The number of benzene rings is 2. The molecular weight excluding hydrogens is 470 g/mol. The molecule has 35 heavy (non-hydrogen) atoms. The van der Waals surface area contributed by atoms with E-state index in [0.717, 1.165) is 40.0 Å². The fraction of sp³-hybridized carbons (Fsp3) is 0.360. The number of rotatable bonds is 10. The molecule has 0 atom stereocenters. The predicted molar refractivity (Wildman–Crippen MR) is 133 cm³/mol. The molecule has 1 aliphatic rings. The number of imidazole rings is 1. The zero-order chi connectivity index (χ0) is 24.8. The lowest BCUT2D eigenvalue weighted by Crippen LogP contribution is -2.24. The van der Waals surface area contributed by atoms with Crippen LogP contribution in [0, 0.1) is 0 Å². The molecule has 1 aliphatic heterocycles. The molecule has 0 saturated carbocycles. The van der Waals surface area contributed by atoms with E-state index in [4.69, 9.17) is 23.7 Å². The molecule has 0 spiro atoms. The zero-order valence-corrected chi connectivity index (χ0v) is 21.1. The maximum Gasteiger partial charge on any atom is 0.230 e. The number of methoxy groups -OCH3 is 3. The molecule has 0 aliphatic carbocycles. The average molecular weight is 500 g/mol. The first-order valence-electron chi connectivity index (χ1n) is 11.2. The Hall–Kier alpha value is -3.53. The number of fused-ring (bicyclic) bond motifs is 1. The Morgan fingerprint density at radius 3 is 2.43 bits per heavy atom. The lowest BCUT2D eigenvalue weighted by molar-refractivity contribution is -0.118. The summed E-state index contributed by atoms with van der Waals surface area (Å²) in [6, 6.07) is 9.52. The Morgan fingerprint density at radius 2 is 1.77 bits per heavy atom. The van der Waals surface area contributed by atoms with Gasteiger partial charge in [0.15, 0.2) is 28.2 Å². The second kappa shape index (κ2) is 11.3. The van der Waals surface area contributed by atoms with Crippen molar-refractivity contribution in [3.8, 4) is 40.0 Å². The first-order chi connectivity index (χ1) is 17.1. The Kier molecular flexibility index (Phi) is 7.91. The van der Waals surface area contributed by atoms with Crippen molar-refractivity contribution in [2.75, 3.05) is 40.3 Å². The van der Waals surface area contributed by atoms with Gasteiger partial charge >= 0.3 is 0 Å². The van der Waals surface area contributed by atoms with Crippen molar-refractivity contribution in [3.63, 3.8) is 0 Å². The molecule has 0 unspecified atom stereocenters. The van der Waals surface area contributed by atoms with Gasteiger partial charge in [-0.25, -0.2) is 4.98 Å². The highest BCUT2D eigenvalue weighted by atomic mass is 32.2. The summed E-state index contributed by atoms with van der Waals surface area (Å²) in [5.41, 5.74) is 2.79. The van der Waals surface area contributed by atoms with Gasteiger partial charge < -0.3 is 33.6 Å². The monoisotopic (exact) mass is 499 g/mol. The molecule has 0 fully saturated rings. The van der Waals surface area contributed by atoms with Crippen molar-refractivity contribution < 1.29 is 28.5 Å². The van der Waals surface area contributed by atoms with E-state index in [1.165, 1.54) is 11.8 Å². The minimum Gasteiger partial charge on any atom is -0.493 e. The Balaban J connectivity index is 1.40. The van der Waals surface area contributed by atoms with Crippen molar-refractivity contribution >= 4 is 17.7 Å². The van der Waals surface area contributed by atoms with Crippen molar-refractivity contribution in [2.45, 2.75) is 25.2 Å². The van der Waals surface area contributed by atoms with Crippen LogP contribution in [-0.2, 0) is 17.9 Å². The standard InChI is InChI=1S/C25H29N3O6S/c1-5-28-18(17-6-7-19-20(12-17)34-9-8-33-19)14-27-25(28)35-15-23(29)26-13-16-10-21(30-2)24(32-4)22(11-16)31-3/h6-7,10-12,14H,5,8-9,13,15H2,1-4H3,(H,26,29). The molecule has 1 N–H and O–H groups in total. The van der Waals surface area contributed by atoms with Crippen LogP contribution in [0.25, 0.3) is 11.3 Å². The van der Waals surface area contributed by atoms with Gasteiger partial charge in [0.25, 0.3) is 0 Å². The third-order valence-electron chi connectivity index (χ3n) is 5.52. The second-order valence-electron chi connectivity index (χ2n) is 7.63. The summed E-state index contributed by atoms with van der Waals surface area (Å²) in [7, 11) is 4.68. The number of ether oxygens (including phenoxy) is 5. The SMILES string of the molecule is CCn1c(-c2ccc3c(c2)OCCO3)cnc1SCC(=O)NCc1cc(OC)c(OC)c(OC)c1. The van der Waals surface area contributed by atoms with Gasteiger partial charge in [0, 0.05) is 18.7 Å². The van der Waals surface area contributed by atoms with E-state index >= 15 is 0 Å². The summed E-state index contributed by atoms with van der Waals surface area (Å²) in [5, 5.41) is 3.72. The molecule has 0 bridgehead atoms. The summed E-state index contributed by atoms with van der Waals surface area (Å²) in [4.78, 5) is 17.1. The van der Waals surface area contributed by atoms with Crippen LogP contribution >= 0.6 is 11.8 Å². The largest absolute Gasteiger partial charge is 0.493 e. The number of nitrogens with zero attached hydrogens (tertiary/aromatic N) is 2. The number of carbonyl (C=O) groups is 1. The van der Waals surface area contributed by atoms with E-state index in [1.54, 1.807) is 21.3 Å². The van der Waals surface area contributed by atoms with Crippen LogP contribution in [0.1, 0.15) is 12.5 Å². The van der Waals surface area contributed by atoms with Crippen LogP contribution < -0.4 is 29.0 Å². The van der Waals surface area contributed by atoms with Crippen molar-refractivity contribution in [2.24, 2.45) is 0 Å². The van der Waals surface area contributed by atoms with Crippen LogP contribution in [0.5, 0.6) is 28.7 Å².